The van der Waals surface area contributed by atoms with Gasteiger partial charge in [-0.3, -0.25) is 4.68 Å². The highest BCUT2D eigenvalue weighted by atomic mass is 19.3. The normalized spacial score (nSPS) is 11.4. The van der Waals surface area contributed by atoms with Crippen LogP contribution >= 0.6 is 0 Å². The summed E-state index contributed by atoms with van der Waals surface area (Å²) in [5.41, 5.74) is 4.08. The van der Waals surface area contributed by atoms with E-state index in [0.717, 1.165) is 22.6 Å². The van der Waals surface area contributed by atoms with E-state index >= 15 is 0 Å². The van der Waals surface area contributed by atoms with Gasteiger partial charge in [-0.2, -0.15) is 5.10 Å². The van der Waals surface area contributed by atoms with Gasteiger partial charge in [-0.25, -0.2) is 8.78 Å². The Morgan fingerprint density at radius 3 is 2.24 bits per heavy atom. The van der Waals surface area contributed by atoms with Crippen molar-refractivity contribution in [2.45, 2.75) is 46.7 Å². The summed E-state index contributed by atoms with van der Waals surface area (Å²) in [6.45, 7) is 8.77. The second kappa shape index (κ2) is 6.24. The average Bonchev–Trinajstić information content (AvgIpc) is 2.72. The summed E-state index contributed by atoms with van der Waals surface area (Å²) in [4.78, 5) is 0. The number of halogens is 2. The summed E-state index contributed by atoms with van der Waals surface area (Å²) in [5, 5.41) is 7.86. The van der Waals surface area contributed by atoms with Crippen molar-refractivity contribution in [1.29, 1.82) is 0 Å². The highest BCUT2D eigenvalue weighted by molar-refractivity contribution is 5.52. The lowest BCUT2D eigenvalue weighted by atomic mass is 10.1. The minimum absolute atomic E-state index is 0.0544. The first-order valence-corrected chi connectivity index (χ1v) is 7.06. The Balaban J connectivity index is 2.09. The Morgan fingerprint density at radius 2 is 1.76 bits per heavy atom. The smallest absolute Gasteiger partial charge is 0.263 e. The van der Waals surface area contributed by atoms with E-state index < -0.39 is 6.43 Å². The third-order valence-corrected chi connectivity index (χ3v) is 3.52. The molecule has 21 heavy (non-hydrogen) atoms. The van der Waals surface area contributed by atoms with Crippen molar-refractivity contribution >= 4 is 5.69 Å². The summed E-state index contributed by atoms with van der Waals surface area (Å²) in [6.07, 6.45) is -2.42. The first kappa shape index (κ1) is 15.5. The fourth-order valence-electron chi connectivity index (χ4n) is 2.39. The number of nitrogens with one attached hydrogen (secondary N) is 1. The molecule has 0 amide bonds. The molecule has 114 valence electrons. The highest BCUT2D eigenvalue weighted by Crippen LogP contribution is 2.23. The van der Waals surface area contributed by atoms with Gasteiger partial charge in [-0.05, 0) is 33.3 Å². The van der Waals surface area contributed by atoms with Crippen LogP contribution in [0.2, 0.25) is 0 Å². The molecule has 0 spiro atoms. The standard InChI is InChI=1S/C16H21F2N3/c1-10(2)21-12(4)15(11(3)20-21)19-9-13-5-7-14(8-6-13)16(17)18/h5-8,10,16,19H,9H2,1-4H3. The molecule has 2 rings (SSSR count). The van der Waals surface area contributed by atoms with Crippen molar-refractivity contribution in [2.24, 2.45) is 0 Å². The maximum atomic E-state index is 12.5. The Kier molecular flexibility index (Phi) is 4.60. The molecule has 1 aromatic heterocycles. The molecule has 1 heterocycles. The summed E-state index contributed by atoms with van der Waals surface area (Å²) >= 11 is 0. The van der Waals surface area contributed by atoms with Gasteiger partial charge in [0.2, 0.25) is 0 Å². The molecule has 0 saturated heterocycles. The van der Waals surface area contributed by atoms with Crippen LogP contribution in [0.4, 0.5) is 14.5 Å². The highest BCUT2D eigenvalue weighted by Gasteiger charge is 2.13. The van der Waals surface area contributed by atoms with Crippen LogP contribution in [0.5, 0.6) is 0 Å². The predicted molar refractivity (Wildman–Crippen MR) is 80.8 cm³/mol. The molecule has 0 aliphatic rings. The number of rotatable bonds is 5. The molecule has 0 bridgehead atoms. The zero-order valence-corrected chi connectivity index (χ0v) is 12.8. The molecule has 1 aromatic carbocycles. The number of alkyl halides is 2. The molecule has 0 atom stereocenters. The van der Waals surface area contributed by atoms with E-state index in [-0.39, 0.29) is 5.56 Å². The molecular formula is C16H21F2N3. The number of aryl methyl sites for hydroxylation is 1. The molecule has 0 radical (unpaired) electrons. The van der Waals surface area contributed by atoms with Crippen LogP contribution < -0.4 is 5.32 Å². The summed E-state index contributed by atoms with van der Waals surface area (Å²) in [6, 6.07) is 6.71. The first-order valence-electron chi connectivity index (χ1n) is 7.06. The number of aromatic nitrogens is 2. The number of hydrogen-bond acceptors (Lipinski definition) is 2. The Labute approximate surface area is 124 Å². The molecule has 0 aliphatic carbocycles. The second-order valence-electron chi connectivity index (χ2n) is 5.48. The third kappa shape index (κ3) is 3.40. The molecule has 0 saturated carbocycles. The molecule has 0 aliphatic heterocycles. The zero-order valence-electron chi connectivity index (χ0n) is 12.8. The van der Waals surface area contributed by atoms with Gasteiger partial charge in [0, 0.05) is 18.2 Å². The Morgan fingerprint density at radius 1 is 1.14 bits per heavy atom. The summed E-state index contributed by atoms with van der Waals surface area (Å²) in [7, 11) is 0. The Hall–Kier alpha value is -1.91. The fraction of sp³-hybridized carbons (Fsp3) is 0.438. The van der Waals surface area contributed by atoms with Gasteiger partial charge in [0.25, 0.3) is 6.43 Å². The first-order chi connectivity index (χ1) is 9.90. The lowest BCUT2D eigenvalue weighted by Gasteiger charge is -2.10. The van der Waals surface area contributed by atoms with Crippen LogP contribution in [0.1, 0.15) is 48.8 Å². The topological polar surface area (TPSA) is 29.9 Å². The number of benzene rings is 1. The quantitative estimate of drug-likeness (QED) is 0.871. The van der Waals surface area contributed by atoms with Gasteiger partial charge in [-0.1, -0.05) is 24.3 Å². The van der Waals surface area contributed by atoms with Crippen molar-refractivity contribution in [3.05, 3.63) is 46.8 Å². The fourth-order valence-corrected chi connectivity index (χ4v) is 2.39. The van der Waals surface area contributed by atoms with Gasteiger partial charge < -0.3 is 5.32 Å². The Bertz CT molecular complexity index is 601. The third-order valence-electron chi connectivity index (χ3n) is 3.52. The second-order valence-corrected chi connectivity index (χ2v) is 5.48. The van der Waals surface area contributed by atoms with Gasteiger partial charge >= 0.3 is 0 Å². The van der Waals surface area contributed by atoms with Crippen LogP contribution in [-0.4, -0.2) is 9.78 Å². The van der Waals surface area contributed by atoms with E-state index in [4.69, 9.17) is 0 Å². The van der Waals surface area contributed by atoms with Crippen LogP contribution in [0.3, 0.4) is 0 Å². The summed E-state index contributed by atoms with van der Waals surface area (Å²) < 4.78 is 27.0. The van der Waals surface area contributed by atoms with E-state index in [9.17, 15) is 8.78 Å². The van der Waals surface area contributed by atoms with Crippen molar-refractivity contribution < 1.29 is 8.78 Å². The van der Waals surface area contributed by atoms with Crippen molar-refractivity contribution in [3.63, 3.8) is 0 Å². The van der Waals surface area contributed by atoms with Gasteiger partial charge in [0.1, 0.15) is 0 Å². The van der Waals surface area contributed by atoms with Crippen LogP contribution in [0.15, 0.2) is 24.3 Å². The minimum atomic E-state index is -2.42. The maximum Gasteiger partial charge on any atom is 0.263 e. The lowest BCUT2D eigenvalue weighted by molar-refractivity contribution is 0.151. The molecule has 3 nitrogen and oxygen atoms in total. The maximum absolute atomic E-state index is 12.5. The lowest BCUT2D eigenvalue weighted by Crippen LogP contribution is -2.06. The van der Waals surface area contributed by atoms with Crippen LogP contribution in [-0.2, 0) is 6.54 Å². The molecule has 1 N–H and O–H groups in total. The minimum Gasteiger partial charge on any atom is -0.378 e. The van der Waals surface area contributed by atoms with Gasteiger partial charge in [-0.15, -0.1) is 0 Å². The summed E-state index contributed by atoms with van der Waals surface area (Å²) in [5.74, 6) is 0. The van der Waals surface area contributed by atoms with E-state index in [0.29, 0.717) is 12.6 Å². The predicted octanol–water partition coefficient (Wildman–Crippen LogP) is 4.63. The molecule has 5 heteroatoms. The zero-order chi connectivity index (χ0) is 15.6. The molecule has 0 fully saturated rings. The number of nitrogens with zero attached hydrogens (tertiary/aromatic N) is 2. The molecule has 0 unspecified atom stereocenters. The van der Waals surface area contributed by atoms with E-state index in [1.807, 2.05) is 18.5 Å². The van der Waals surface area contributed by atoms with Gasteiger partial charge in [0.05, 0.1) is 17.1 Å². The number of anilines is 1. The SMILES string of the molecule is Cc1nn(C(C)C)c(C)c1NCc1ccc(C(F)F)cc1. The van der Waals surface area contributed by atoms with Crippen LogP contribution in [0, 0.1) is 13.8 Å². The van der Waals surface area contributed by atoms with E-state index in [2.05, 4.69) is 24.3 Å². The van der Waals surface area contributed by atoms with Crippen molar-refractivity contribution in [3.8, 4) is 0 Å². The number of hydrogen-bond donors (Lipinski definition) is 1. The van der Waals surface area contributed by atoms with Crippen molar-refractivity contribution in [2.75, 3.05) is 5.32 Å². The molecule has 2 aromatic rings. The van der Waals surface area contributed by atoms with E-state index in [1.54, 1.807) is 12.1 Å². The molecular weight excluding hydrogens is 272 g/mol. The largest absolute Gasteiger partial charge is 0.378 e. The van der Waals surface area contributed by atoms with Gasteiger partial charge in [0.15, 0.2) is 0 Å². The monoisotopic (exact) mass is 293 g/mol. The van der Waals surface area contributed by atoms with Crippen molar-refractivity contribution in [1.82, 2.24) is 9.78 Å². The van der Waals surface area contributed by atoms with Crippen LogP contribution in [0.25, 0.3) is 0 Å². The average molecular weight is 293 g/mol. The van der Waals surface area contributed by atoms with E-state index in [1.165, 1.54) is 12.1 Å².